The maximum Gasteiger partial charge on any atom is 0.159 e. The quantitative estimate of drug-likeness (QED) is 0.799. The number of thiazole rings is 1. The molecule has 0 aliphatic heterocycles. The molecule has 0 saturated carbocycles. The van der Waals surface area contributed by atoms with Gasteiger partial charge in [0.1, 0.15) is 0 Å². The van der Waals surface area contributed by atoms with Gasteiger partial charge in [-0.1, -0.05) is 30.3 Å². The van der Waals surface area contributed by atoms with Crippen LogP contribution in [0.2, 0.25) is 0 Å². The fourth-order valence-corrected chi connectivity index (χ4v) is 3.14. The van der Waals surface area contributed by atoms with Crippen LogP contribution in [0.15, 0.2) is 35.7 Å². The summed E-state index contributed by atoms with van der Waals surface area (Å²) in [5, 5.41) is 13.4. The molecule has 2 aromatic rings. The van der Waals surface area contributed by atoms with Crippen molar-refractivity contribution in [1.29, 1.82) is 0 Å². The molecule has 1 aromatic carbocycles. The molecule has 0 spiro atoms. The molecule has 1 unspecified atom stereocenters. The van der Waals surface area contributed by atoms with Crippen LogP contribution in [0.5, 0.6) is 0 Å². The van der Waals surface area contributed by atoms with E-state index in [0.29, 0.717) is 12.8 Å². The molecule has 0 aliphatic rings. The molecular weight excluding hydrogens is 286 g/mol. The Morgan fingerprint density at radius 3 is 2.52 bits per heavy atom. The van der Waals surface area contributed by atoms with Gasteiger partial charge < -0.3 is 14.6 Å². The van der Waals surface area contributed by atoms with Gasteiger partial charge in [0.05, 0.1) is 16.3 Å². The molecule has 5 heteroatoms. The first-order valence-corrected chi connectivity index (χ1v) is 7.70. The van der Waals surface area contributed by atoms with E-state index in [0.717, 1.165) is 16.3 Å². The zero-order valence-electron chi connectivity index (χ0n) is 12.6. The van der Waals surface area contributed by atoms with Crippen LogP contribution >= 0.6 is 11.3 Å². The summed E-state index contributed by atoms with van der Waals surface area (Å²) in [4.78, 5) is 4.60. The van der Waals surface area contributed by atoms with Crippen LogP contribution in [-0.2, 0) is 15.9 Å². The lowest BCUT2D eigenvalue weighted by atomic mass is 9.98. The second kappa shape index (κ2) is 7.13. The summed E-state index contributed by atoms with van der Waals surface area (Å²) in [5.41, 5.74) is 1.12. The molecule has 0 radical (unpaired) electrons. The largest absolute Gasteiger partial charge is 0.390 e. The van der Waals surface area contributed by atoms with Crippen LogP contribution in [0, 0.1) is 0 Å². The monoisotopic (exact) mass is 307 g/mol. The Bertz CT molecular complexity index is 550. The molecule has 0 bridgehead atoms. The van der Waals surface area contributed by atoms with E-state index >= 15 is 0 Å². The van der Waals surface area contributed by atoms with Crippen LogP contribution in [0.4, 0.5) is 0 Å². The number of nitrogens with zero attached hydrogens (tertiary/aromatic N) is 1. The van der Waals surface area contributed by atoms with Crippen LogP contribution in [0.3, 0.4) is 0 Å². The van der Waals surface area contributed by atoms with Gasteiger partial charge in [0.2, 0.25) is 0 Å². The lowest BCUT2D eigenvalue weighted by Gasteiger charge is -2.26. The highest BCUT2D eigenvalue weighted by atomic mass is 32.1. The van der Waals surface area contributed by atoms with Gasteiger partial charge in [-0.25, -0.2) is 4.98 Å². The molecule has 1 aromatic heterocycles. The van der Waals surface area contributed by atoms with Crippen LogP contribution in [0.25, 0.3) is 11.3 Å². The number of methoxy groups -OCH3 is 2. The average molecular weight is 307 g/mol. The van der Waals surface area contributed by atoms with Crippen molar-refractivity contribution in [2.24, 2.45) is 0 Å². The molecule has 0 amide bonds. The van der Waals surface area contributed by atoms with Gasteiger partial charge in [-0.2, -0.15) is 0 Å². The minimum absolute atomic E-state index is 0.403. The summed E-state index contributed by atoms with van der Waals surface area (Å²) in [7, 11) is 3.14. The van der Waals surface area contributed by atoms with E-state index in [4.69, 9.17) is 9.47 Å². The van der Waals surface area contributed by atoms with Crippen molar-refractivity contribution in [3.05, 3.63) is 40.7 Å². The second-order valence-corrected chi connectivity index (χ2v) is 6.21. The summed E-state index contributed by atoms with van der Waals surface area (Å²) in [5.74, 6) is 0. The van der Waals surface area contributed by atoms with Crippen LogP contribution in [-0.4, -0.2) is 36.2 Å². The Labute approximate surface area is 129 Å². The highest BCUT2D eigenvalue weighted by Gasteiger charge is 2.27. The molecule has 2 rings (SSSR count). The summed E-state index contributed by atoms with van der Waals surface area (Å²) in [6, 6.07) is 10.0. The van der Waals surface area contributed by atoms with E-state index < -0.39 is 11.9 Å². The predicted molar refractivity (Wildman–Crippen MR) is 84.3 cm³/mol. The predicted octanol–water partition coefficient (Wildman–Crippen LogP) is 3.11. The number of aromatic nitrogens is 1. The molecule has 0 fully saturated rings. The minimum Gasteiger partial charge on any atom is -0.390 e. The smallest absolute Gasteiger partial charge is 0.159 e. The van der Waals surface area contributed by atoms with Gasteiger partial charge in [0.25, 0.3) is 0 Å². The highest BCUT2D eigenvalue weighted by molar-refractivity contribution is 7.09. The van der Waals surface area contributed by atoms with Crippen molar-refractivity contribution in [1.82, 2.24) is 4.98 Å². The lowest BCUT2D eigenvalue weighted by Crippen LogP contribution is -2.34. The molecular formula is C16H21NO3S. The zero-order valence-corrected chi connectivity index (χ0v) is 13.4. The summed E-state index contributed by atoms with van der Waals surface area (Å²) >= 11 is 1.56. The Morgan fingerprint density at radius 2 is 1.90 bits per heavy atom. The van der Waals surface area contributed by atoms with Gasteiger partial charge in [-0.15, -0.1) is 11.3 Å². The van der Waals surface area contributed by atoms with E-state index in [1.165, 1.54) is 0 Å². The number of rotatable bonds is 7. The highest BCUT2D eigenvalue weighted by Crippen LogP contribution is 2.26. The summed E-state index contributed by atoms with van der Waals surface area (Å²) in [6.45, 7) is 1.78. The Kier molecular flexibility index (Phi) is 5.47. The maximum atomic E-state index is 10.5. The van der Waals surface area contributed by atoms with Gasteiger partial charge in [0.15, 0.2) is 6.29 Å². The summed E-state index contributed by atoms with van der Waals surface area (Å²) < 4.78 is 10.3. The Morgan fingerprint density at radius 1 is 1.24 bits per heavy atom. The van der Waals surface area contributed by atoms with E-state index in [2.05, 4.69) is 4.98 Å². The standard InChI is InChI=1S/C16H21NO3S/c1-16(18,10-15(19-2)20-3)9-14-17-13(11-21-14)12-7-5-4-6-8-12/h4-8,11,15,18H,9-10H2,1-3H3. The lowest BCUT2D eigenvalue weighted by molar-refractivity contribution is -0.139. The molecule has 1 N–H and O–H groups in total. The molecule has 0 aliphatic carbocycles. The molecule has 114 valence electrons. The van der Waals surface area contributed by atoms with Crippen molar-refractivity contribution >= 4 is 11.3 Å². The number of ether oxygens (including phenoxy) is 2. The van der Waals surface area contributed by atoms with Crippen molar-refractivity contribution < 1.29 is 14.6 Å². The second-order valence-electron chi connectivity index (χ2n) is 5.27. The summed E-state index contributed by atoms with van der Waals surface area (Å²) in [6.07, 6.45) is 0.474. The van der Waals surface area contributed by atoms with E-state index in [1.54, 1.807) is 32.5 Å². The number of benzene rings is 1. The fourth-order valence-electron chi connectivity index (χ4n) is 2.15. The normalized spacial score (nSPS) is 14.3. The average Bonchev–Trinajstić information content (AvgIpc) is 2.93. The van der Waals surface area contributed by atoms with Crippen LogP contribution in [0.1, 0.15) is 18.4 Å². The van der Waals surface area contributed by atoms with Gasteiger partial charge >= 0.3 is 0 Å². The number of hydrogen-bond donors (Lipinski definition) is 1. The zero-order chi connectivity index (χ0) is 15.3. The fraction of sp³-hybridized carbons (Fsp3) is 0.438. The molecule has 21 heavy (non-hydrogen) atoms. The third-order valence-electron chi connectivity index (χ3n) is 3.29. The maximum absolute atomic E-state index is 10.5. The van der Waals surface area contributed by atoms with Gasteiger partial charge in [-0.05, 0) is 6.92 Å². The Hall–Kier alpha value is -1.27. The topological polar surface area (TPSA) is 51.6 Å². The third kappa shape index (κ3) is 4.61. The molecule has 4 nitrogen and oxygen atoms in total. The van der Waals surface area contributed by atoms with E-state index in [1.807, 2.05) is 35.7 Å². The SMILES string of the molecule is COC(CC(C)(O)Cc1nc(-c2ccccc2)cs1)OC. The first-order valence-electron chi connectivity index (χ1n) is 6.82. The van der Waals surface area contributed by atoms with Crippen LogP contribution < -0.4 is 0 Å². The van der Waals surface area contributed by atoms with Gasteiger partial charge in [0, 0.05) is 38.0 Å². The first-order chi connectivity index (χ1) is 10.0. The molecule has 1 heterocycles. The van der Waals surface area contributed by atoms with Crippen molar-refractivity contribution in [3.8, 4) is 11.3 Å². The third-order valence-corrected chi connectivity index (χ3v) is 4.13. The van der Waals surface area contributed by atoms with Gasteiger partial charge in [-0.3, -0.25) is 0 Å². The Balaban J connectivity index is 2.05. The number of hydrogen-bond acceptors (Lipinski definition) is 5. The van der Waals surface area contributed by atoms with E-state index in [-0.39, 0.29) is 0 Å². The molecule has 1 atom stereocenters. The van der Waals surface area contributed by atoms with Crippen molar-refractivity contribution in [3.63, 3.8) is 0 Å². The van der Waals surface area contributed by atoms with Crippen molar-refractivity contribution in [2.45, 2.75) is 31.7 Å². The molecule has 0 saturated heterocycles. The van der Waals surface area contributed by atoms with Crippen molar-refractivity contribution in [2.75, 3.05) is 14.2 Å². The van der Waals surface area contributed by atoms with E-state index in [9.17, 15) is 5.11 Å². The number of aliphatic hydroxyl groups is 1. The first kappa shape index (κ1) is 16.1. The minimum atomic E-state index is -0.914.